The predicted molar refractivity (Wildman–Crippen MR) is 79.6 cm³/mol. The Bertz CT molecular complexity index is 618. The van der Waals surface area contributed by atoms with Crippen molar-refractivity contribution in [1.82, 2.24) is 5.32 Å². The third kappa shape index (κ3) is 2.34. The number of aliphatic carboxylic acids is 1. The van der Waals surface area contributed by atoms with Crippen molar-refractivity contribution in [2.45, 2.75) is 31.1 Å². The fourth-order valence-corrected chi connectivity index (χ4v) is 3.36. The van der Waals surface area contributed by atoms with Crippen LogP contribution in [0.4, 0.5) is 5.69 Å². The first kappa shape index (κ1) is 14.6. The van der Waals surface area contributed by atoms with Crippen LogP contribution in [-0.2, 0) is 19.8 Å². The van der Waals surface area contributed by atoms with E-state index in [2.05, 4.69) is 5.32 Å². The number of amides is 2. The molecule has 1 saturated carbocycles. The summed E-state index contributed by atoms with van der Waals surface area (Å²) in [6.45, 7) is 0.00189. The molecule has 1 aliphatic heterocycles. The van der Waals surface area contributed by atoms with Crippen LogP contribution in [0.1, 0.15) is 31.2 Å². The lowest BCUT2D eigenvalue weighted by molar-refractivity contribution is -0.143. The van der Waals surface area contributed by atoms with Crippen LogP contribution in [-0.4, -0.2) is 36.0 Å². The SMILES string of the molecule is O=C1CN(c2ccc(C3(C(=O)O)CCCC3)cc2)C(=O)CN1. The molecule has 22 heavy (non-hydrogen) atoms. The van der Waals surface area contributed by atoms with Crippen molar-refractivity contribution in [2.75, 3.05) is 18.0 Å². The molecule has 1 aromatic carbocycles. The highest BCUT2D eigenvalue weighted by atomic mass is 16.4. The minimum absolute atomic E-state index is 0.000349. The number of carboxylic acid groups (broad SMARTS) is 1. The first-order valence-corrected chi connectivity index (χ1v) is 7.44. The fourth-order valence-electron chi connectivity index (χ4n) is 3.36. The van der Waals surface area contributed by atoms with Gasteiger partial charge in [0, 0.05) is 5.69 Å². The minimum atomic E-state index is -0.804. The van der Waals surface area contributed by atoms with Crippen molar-refractivity contribution in [3.63, 3.8) is 0 Å². The lowest BCUT2D eigenvalue weighted by Crippen LogP contribution is -2.51. The van der Waals surface area contributed by atoms with Gasteiger partial charge in [-0.1, -0.05) is 25.0 Å². The Balaban J connectivity index is 1.88. The van der Waals surface area contributed by atoms with Crippen LogP contribution in [0, 0.1) is 0 Å². The van der Waals surface area contributed by atoms with Gasteiger partial charge in [-0.25, -0.2) is 0 Å². The molecule has 6 nitrogen and oxygen atoms in total. The van der Waals surface area contributed by atoms with Crippen LogP contribution in [0.3, 0.4) is 0 Å². The van der Waals surface area contributed by atoms with Gasteiger partial charge in [0.25, 0.3) is 0 Å². The number of nitrogens with zero attached hydrogens (tertiary/aromatic N) is 1. The van der Waals surface area contributed by atoms with Crippen molar-refractivity contribution < 1.29 is 19.5 Å². The Hall–Kier alpha value is -2.37. The molecule has 2 amide bonds. The number of benzene rings is 1. The van der Waals surface area contributed by atoms with Crippen LogP contribution in [0.25, 0.3) is 0 Å². The maximum Gasteiger partial charge on any atom is 0.314 e. The van der Waals surface area contributed by atoms with Crippen molar-refractivity contribution in [2.24, 2.45) is 0 Å². The molecule has 6 heteroatoms. The zero-order valence-electron chi connectivity index (χ0n) is 12.2. The van der Waals surface area contributed by atoms with E-state index >= 15 is 0 Å². The number of anilines is 1. The zero-order valence-corrected chi connectivity index (χ0v) is 12.2. The van der Waals surface area contributed by atoms with Crippen LogP contribution in [0.15, 0.2) is 24.3 Å². The summed E-state index contributed by atoms with van der Waals surface area (Å²) in [6, 6.07) is 7.01. The largest absolute Gasteiger partial charge is 0.481 e. The van der Waals surface area contributed by atoms with Gasteiger partial charge in [0.1, 0.15) is 6.54 Å². The molecule has 2 fully saturated rings. The number of carbonyl (C=O) groups is 3. The van der Waals surface area contributed by atoms with E-state index in [4.69, 9.17) is 0 Å². The van der Waals surface area contributed by atoms with Crippen LogP contribution < -0.4 is 10.2 Å². The van der Waals surface area contributed by atoms with Crippen molar-refractivity contribution in [1.29, 1.82) is 0 Å². The molecule has 0 bridgehead atoms. The van der Waals surface area contributed by atoms with Gasteiger partial charge in [-0.05, 0) is 30.5 Å². The molecule has 0 spiro atoms. The van der Waals surface area contributed by atoms with Crippen LogP contribution >= 0.6 is 0 Å². The Labute approximate surface area is 128 Å². The summed E-state index contributed by atoms with van der Waals surface area (Å²) >= 11 is 0. The van der Waals surface area contributed by atoms with Gasteiger partial charge >= 0.3 is 5.97 Å². The molecule has 0 radical (unpaired) electrons. The average molecular weight is 302 g/mol. The summed E-state index contributed by atoms with van der Waals surface area (Å²) < 4.78 is 0. The number of rotatable bonds is 3. The Morgan fingerprint density at radius 1 is 1.14 bits per heavy atom. The van der Waals surface area contributed by atoms with E-state index in [1.54, 1.807) is 24.3 Å². The molecule has 1 aliphatic carbocycles. The molecule has 2 N–H and O–H groups in total. The molecule has 116 valence electrons. The Morgan fingerprint density at radius 2 is 1.77 bits per heavy atom. The maximum atomic E-state index is 11.9. The molecule has 1 heterocycles. The number of hydrogen-bond acceptors (Lipinski definition) is 3. The van der Waals surface area contributed by atoms with Crippen molar-refractivity contribution >= 4 is 23.5 Å². The minimum Gasteiger partial charge on any atom is -0.481 e. The smallest absolute Gasteiger partial charge is 0.314 e. The van der Waals surface area contributed by atoms with Gasteiger partial charge in [-0.15, -0.1) is 0 Å². The van der Waals surface area contributed by atoms with Crippen LogP contribution in [0.5, 0.6) is 0 Å². The molecule has 0 unspecified atom stereocenters. The highest BCUT2D eigenvalue weighted by Crippen LogP contribution is 2.41. The molecule has 2 aliphatic rings. The molecule has 1 aromatic rings. The van der Waals surface area contributed by atoms with E-state index in [9.17, 15) is 19.5 Å². The average Bonchev–Trinajstić information content (AvgIpc) is 3.01. The maximum absolute atomic E-state index is 11.9. The zero-order chi connectivity index (χ0) is 15.7. The first-order chi connectivity index (χ1) is 10.5. The molecular formula is C16H18N2O4. The monoisotopic (exact) mass is 302 g/mol. The first-order valence-electron chi connectivity index (χ1n) is 7.44. The van der Waals surface area contributed by atoms with Gasteiger partial charge in [0.15, 0.2) is 0 Å². The quantitative estimate of drug-likeness (QED) is 0.873. The van der Waals surface area contributed by atoms with E-state index in [-0.39, 0.29) is 24.9 Å². The summed E-state index contributed by atoms with van der Waals surface area (Å²) in [5.41, 5.74) is 0.597. The second-order valence-corrected chi connectivity index (χ2v) is 5.90. The van der Waals surface area contributed by atoms with Gasteiger partial charge in [0.2, 0.25) is 11.8 Å². The number of piperazine rings is 1. The molecular weight excluding hydrogens is 284 g/mol. The molecule has 0 aromatic heterocycles. The van der Waals surface area contributed by atoms with Gasteiger partial charge in [0.05, 0.1) is 12.0 Å². The predicted octanol–water partition coefficient (Wildman–Crippen LogP) is 1.05. The molecule has 1 saturated heterocycles. The lowest BCUT2D eigenvalue weighted by Gasteiger charge is -2.28. The summed E-state index contributed by atoms with van der Waals surface area (Å²) in [5.74, 6) is -1.14. The molecule has 0 atom stereocenters. The van der Waals surface area contributed by atoms with Gasteiger partial charge in [-0.2, -0.15) is 0 Å². The van der Waals surface area contributed by atoms with Crippen molar-refractivity contribution in [3.05, 3.63) is 29.8 Å². The summed E-state index contributed by atoms with van der Waals surface area (Å²) in [5, 5.41) is 12.1. The van der Waals surface area contributed by atoms with Gasteiger partial charge < -0.3 is 15.3 Å². The van der Waals surface area contributed by atoms with E-state index in [1.165, 1.54) is 4.90 Å². The second kappa shape index (κ2) is 5.44. The fraction of sp³-hybridized carbons (Fsp3) is 0.438. The Morgan fingerprint density at radius 3 is 2.36 bits per heavy atom. The summed E-state index contributed by atoms with van der Waals surface area (Å²) in [4.78, 5) is 36.4. The van der Waals surface area contributed by atoms with E-state index in [0.717, 1.165) is 18.4 Å². The van der Waals surface area contributed by atoms with Crippen LogP contribution in [0.2, 0.25) is 0 Å². The topological polar surface area (TPSA) is 86.7 Å². The van der Waals surface area contributed by atoms with Gasteiger partial charge in [-0.3, -0.25) is 14.4 Å². The van der Waals surface area contributed by atoms with E-state index < -0.39 is 11.4 Å². The number of carbonyl (C=O) groups excluding carboxylic acids is 2. The molecule has 3 rings (SSSR count). The number of carboxylic acids is 1. The summed E-state index contributed by atoms with van der Waals surface area (Å²) in [7, 11) is 0. The van der Waals surface area contributed by atoms with E-state index in [0.29, 0.717) is 18.5 Å². The lowest BCUT2D eigenvalue weighted by atomic mass is 9.79. The normalized spacial score (nSPS) is 20.8. The summed E-state index contributed by atoms with van der Waals surface area (Å²) in [6.07, 6.45) is 3.12. The number of hydrogen-bond donors (Lipinski definition) is 2. The Kier molecular flexibility index (Phi) is 3.60. The highest BCUT2D eigenvalue weighted by Gasteiger charge is 2.42. The third-order valence-corrected chi connectivity index (χ3v) is 4.64. The van der Waals surface area contributed by atoms with E-state index in [1.807, 2.05) is 0 Å². The highest BCUT2D eigenvalue weighted by molar-refractivity contribution is 6.04. The number of nitrogens with one attached hydrogen (secondary N) is 1. The third-order valence-electron chi connectivity index (χ3n) is 4.64. The van der Waals surface area contributed by atoms with Crippen molar-refractivity contribution in [3.8, 4) is 0 Å². The second-order valence-electron chi connectivity index (χ2n) is 5.90. The standard InChI is InChI=1S/C16H18N2O4/c19-13-10-18(14(20)9-17-13)12-5-3-11(4-6-12)16(15(21)22)7-1-2-8-16/h3-6H,1-2,7-10H2,(H,17,19)(H,21,22).